The Morgan fingerprint density at radius 3 is 2.36 bits per heavy atom. The number of rotatable bonds is 4. The maximum atomic E-state index is 5.46. The number of alkyl halides is 1. The van der Waals surface area contributed by atoms with Crippen molar-refractivity contribution in [1.29, 1.82) is 0 Å². The smallest absolute Gasteiger partial charge is 0.0404 e. The molecule has 0 saturated carbocycles. The Kier molecular flexibility index (Phi) is 5.61. The van der Waals surface area contributed by atoms with Crippen LogP contribution >= 0.6 is 11.6 Å². The lowest BCUT2D eigenvalue weighted by atomic mass is 9.97. The minimum Gasteiger partial charge on any atom is -0.313 e. The Hall–Kier alpha value is -0.0100. The molecule has 66 valence electrons. The van der Waals surface area contributed by atoms with E-state index >= 15 is 0 Å². The topological polar surface area (TPSA) is 12.0 Å². The maximum absolute atomic E-state index is 5.46. The molecule has 0 aliphatic carbocycles. The normalized spacial score (nSPS) is 12.7. The van der Waals surface area contributed by atoms with E-state index in [1.165, 1.54) is 0 Å². The van der Waals surface area contributed by atoms with Crippen LogP contribution in [-0.4, -0.2) is 19.0 Å². The molecule has 0 rings (SSSR count). The number of nitrogens with one attached hydrogen (secondary N) is 1. The highest BCUT2D eigenvalue weighted by Crippen LogP contribution is 2.09. The van der Waals surface area contributed by atoms with Gasteiger partial charge in [0.05, 0.1) is 0 Å². The molecule has 0 fully saturated rings. The van der Waals surface area contributed by atoms with Crippen molar-refractivity contribution in [3.8, 4) is 0 Å². The predicted octanol–water partition coefficient (Wildman–Crippen LogP) is 2.42. The van der Waals surface area contributed by atoms with Gasteiger partial charge in [-0.1, -0.05) is 32.9 Å². The van der Waals surface area contributed by atoms with Crippen molar-refractivity contribution in [2.75, 3.05) is 19.0 Å². The summed E-state index contributed by atoms with van der Waals surface area (Å²) in [6.45, 7) is 8.60. The zero-order valence-electron chi connectivity index (χ0n) is 7.65. The van der Waals surface area contributed by atoms with Crippen LogP contribution in [0.2, 0.25) is 0 Å². The number of allylic oxidation sites excluding steroid dienone is 1. The van der Waals surface area contributed by atoms with Crippen molar-refractivity contribution < 1.29 is 0 Å². The Morgan fingerprint density at radius 2 is 1.91 bits per heavy atom. The van der Waals surface area contributed by atoms with Gasteiger partial charge in [-0.2, -0.15) is 0 Å². The Bertz CT molecular complexity index is 113. The minimum atomic E-state index is 0.370. The average molecular weight is 176 g/mol. The van der Waals surface area contributed by atoms with Crippen molar-refractivity contribution in [1.82, 2.24) is 5.32 Å². The quantitative estimate of drug-likeness (QED) is 0.393. The van der Waals surface area contributed by atoms with Crippen LogP contribution in [0.1, 0.15) is 20.8 Å². The molecule has 11 heavy (non-hydrogen) atoms. The van der Waals surface area contributed by atoms with Crippen molar-refractivity contribution in [3.63, 3.8) is 0 Å². The third-order valence-corrected chi connectivity index (χ3v) is 1.35. The molecule has 0 bridgehead atoms. The van der Waals surface area contributed by atoms with E-state index in [-0.39, 0.29) is 0 Å². The molecule has 0 aromatic heterocycles. The highest BCUT2D eigenvalue weighted by molar-refractivity contribution is 6.18. The molecule has 0 saturated heterocycles. The van der Waals surface area contributed by atoms with E-state index in [0.29, 0.717) is 11.3 Å². The Labute approximate surface area is 74.8 Å². The summed E-state index contributed by atoms with van der Waals surface area (Å²) in [6.07, 6.45) is 4.01. The molecule has 0 aromatic rings. The second-order valence-electron chi connectivity index (χ2n) is 3.82. The van der Waals surface area contributed by atoms with Crippen LogP contribution in [0.5, 0.6) is 0 Å². The molecule has 0 atom stereocenters. The molecule has 0 unspecified atom stereocenters. The van der Waals surface area contributed by atoms with Crippen molar-refractivity contribution in [3.05, 3.63) is 12.2 Å². The van der Waals surface area contributed by atoms with Crippen LogP contribution in [0.15, 0.2) is 12.2 Å². The molecule has 0 radical (unpaired) electrons. The zero-order chi connectivity index (χ0) is 8.74. The molecule has 1 N–H and O–H groups in total. The Morgan fingerprint density at radius 1 is 1.27 bits per heavy atom. The van der Waals surface area contributed by atoms with E-state index in [2.05, 4.69) is 32.2 Å². The summed E-state index contributed by atoms with van der Waals surface area (Å²) in [5, 5.41) is 3.31. The first-order valence-electron chi connectivity index (χ1n) is 3.98. The van der Waals surface area contributed by atoms with E-state index in [0.717, 1.165) is 13.1 Å². The van der Waals surface area contributed by atoms with Crippen LogP contribution < -0.4 is 5.32 Å². The highest BCUT2D eigenvalue weighted by Gasteiger charge is 2.07. The molecule has 2 heteroatoms. The molecule has 0 aromatic carbocycles. The van der Waals surface area contributed by atoms with E-state index in [1.807, 2.05) is 6.08 Å². The van der Waals surface area contributed by atoms with Crippen LogP contribution in [0, 0.1) is 5.41 Å². The van der Waals surface area contributed by atoms with Gasteiger partial charge in [-0.25, -0.2) is 0 Å². The van der Waals surface area contributed by atoms with Gasteiger partial charge in [-0.15, -0.1) is 11.6 Å². The maximum Gasteiger partial charge on any atom is 0.0404 e. The lowest BCUT2D eigenvalue weighted by Gasteiger charge is -2.17. The highest BCUT2D eigenvalue weighted by atomic mass is 35.5. The molecule has 0 amide bonds. The fourth-order valence-corrected chi connectivity index (χ4v) is 0.803. The summed E-state index contributed by atoms with van der Waals surface area (Å²) in [5.74, 6) is 0.608. The van der Waals surface area contributed by atoms with Crippen molar-refractivity contribution in [2.45, 2.75) is 20.8 Å². The lowest BCUT2D eigenvalue weighted by molar-refractivity contribution is 0.388. The first-order valence-corrected chi connectivity index (χ1v) is 4.51. The van der Waals surface area contributed by atoms with Gasteiger partial charge in [0.1, 0.15) is 0 Å². The lowest BCUT2D eigenvalue weighted by Crippen LogP contribution is -2.26. The van der Waals surface area contributed by atoms with Gasteiger partial charge in [0.2, 0.25) is 0 Å². The second-order valence-corrected chi connectivity index (χ2v) is 4.13. The van der Waals surface area contributed by atoms with E-state index in [9.17, 15) is 0 Å². The molecule has 0 heterocycles. The SMILES string of the molecule is CC(C)(C)CNC/C=C/CCl. The van der Waals surface area contributed by atoms with Gasteiger partial charge in [0, 0.05) is 19.0 Å². The van der Waals surface area contributed by atoms with Gasteiger partial charge >= 0.3 is 0 Å². The summed E-state index contributed by atoms with van der Waals surface area (Å²) < 4.78 is 0. The van der Waals surface area contributed by atoms with Gasteiger partial charge in [0.15, 0.2) is 0 Å². The van der Waals surface area contributed by atoms with E-state index in [4.69, 9.17) is 11.6 Å². The third-order valence-electron chi connectivity index (χ3n) is 1.17. The molecular weight excluding hydrogens is 158 g/mol. The van der Waals surface area contributed by atoms with Crippen LogP contribution in [0.3, 0.4) is 0 Å². The first kappa shape index (κ1) is 11.0. The molecular formula is C9H18ClN. The van der Waals surface area contributed by atoms with Crippen molar-refractivity contribution in [2.24, 2.45) is 5.41 Å². The number of hydrogen-bond acceptors (Lipinski definition) is 1. The predicted molar refractivity (Wildman–Crippen MR) is 52.2 cm³/mol. The van der Waals surface area contributed by atoms with Crippen LogP contribution in [-0.2, 0) is 0 Å². The number of hydrogen-bond donors (Lipinski definition) is 1. The van der Waals surface area contributed by atoms with E-state index in [1.54, 1.807) is 0 Å². The monoisotopic (exact) mass is 175 g/mol. The summed E-state index contributed by atoms with van der Waals surface area (Å²) in [6, 6.07) is 0. The van der Waals surface area contributed by atoms with Gasteiger partial charge in [0.25, 0.3) is 0 Å². The van der Waals surface area contributed by atoms with Crippen molar-refractivity contribution >= 4 is 11.6 Å². The molecule has 1 nitrogen and oxygen atoms in total. The van der Waals surface area contributed by atoms with Crippen LogP contribution in [0.4, 0.5) is 0 Å². The van der Waals surface area contributed by atoms with Gasteiger partial charge in [-0.3, -0.25) is 0 Å². The summed E-state index contributed by atoms with van der Waals surface area (Å²) in [4.78, 5) is 0. The fraction of sp³-hybridized carbons (Fsp3) is 0.778. The summed E-state index contributed by atoms with van der Waals surface area (Å²) in [5.41, 5.74) is 0.370. The van der Waals surface area contributed by atoms with E-state index < -0.39 is 0 Å². The van der Waals surface area contributed by atoms with Crippen LogP contribution in [0.25, 0.3) is 0 Å². The first-order chi connectivity index (χ1) is 5.06. The second kappa shape index (κ2) is 5.62. The number of halogens is 1. The molecule has 0 aliphatic heterocycles. The third kappa shape index (κ3) is 9.99. The zero-order valence-corrected chi connectivity index (χ0v) is 8.41. The largest absolute Gasteiger partial charge is 0.313 e. The minimum absolute atomic E-state index is 0.370. The van der Waals surface area contributed by atoms with Gasteiger partial charge in [-0.05, 0) is 5.41 Å². The molecule has 0 aliphatic rings. The summed E-state index contributed by atoms with van der Waals surface area (Å²) >= 11 is 5.46. The summed E-state index contributed by atoms with van der Waals surface area (Å²) in [7, 11) is 0. The van der Waals surface area contributed by atoms with Gasteiger partial charge < -0.3 is 5.32 Å². The fourth-order valence-electron chi connectivity index (χ4n) is 0.677. The Balaban J connectivity index is 3.21. The molecule has 0 spiro atoms. The standard InChI is InChI=1S/C9H18ClN/c1-9(2,3)8-11-7-5-4-6-10/h4-5,11H,6-8H2,1-3H3/b5-4+. The average Bonchev–Trinajstić information content (AvgIpc) is 1.85.